The van der Waals surface area contributed by atoms with Crippen LogP contribution in [0, 0.1) is 11.6 Å². The first kappa shape index (κ1) is 31.9. The summed E-state index contributed by atoms with van der Waals surface area (Å²) in [6.45, 7) is 0. The Balaban J connectivity index is 1.27. The molecule has 9 aromatic rings. The van der Waals surface area contributed by atoms with Crippen LogP contribution < -0.4 is 0 Å². The molecule has 0 radical (unpaired) electrons. The summed E-state index contributed by atoms with van der Waals surface area (Å²) in [5, 5.41) is 9.41. The summed E-state index contributed by atoms with van der Waals surface area (Å²) in [6, 6.07) is 47.5. The van der Waals surface area contributed by atoms with Gasteiger partial charge in [0, 0.05) is 23.5 Å². The molecule has 4 heterocycles. The van der Waals surface area contributed by atoms with Crippen LogP contribution in [-0.4, -0.2) is 29.3 Å². The number of hydrogen-bond acceptors (Lipinski definition) is 5. The first-order valence-corrected chi connectivity index (χ1v) is 17.1. The molecule has 0 unspecified atom stereocenters. The fourth-order valence-corrected chi connectivity index (χ4v) is 7.11. The summed E-state index contributed by atoms with van der Waals surface area (Å²) in [7, 11) is 0. The zero-order valence-electron chi connectivity index (χ0n) is 28.2. The molecule has 0 spiro atoms. The van der Waals surface area contributed by atoms with Crippen molar-refractivity contribution in [1.82, 2.24) is 29.3 Å². The molecule has 0 aliphatic carbocycles. The molecule has 53 heavy (non-hydrogen) atoms. The summed E-state index contributed by atoms with van der Waals surface area (Å²) >= 11 is 0. The molecule has 0 aliphatic heterocycles. The second-order valence-corrected chi connectivity index (χ2v) is 12.7. The second-order valence-electron chi connectivity index (χ2n) is 12.7. The zero-order chi connectivity index (χ0) is 35.8. The van der Waals surface area contributed by atoms with Crippen molar-refractivity contribution in [3.63, 3.8) is 0 Å². The van der Waals surface area contributed by atoms with Gasteiger partial charge in [0.25, 0.3) is 0 Å². The molecule has 9 heteroatoms. The molecule has 0 saturated heterocycles. The van der Waals surface area contributed by atoms with Gasteiger partial charge in [0.1, 0.15) is 34.2 Å². The van der Waals surface area contributed by atoms with Gasteiger partial charge in [-0.15, -0.1) is 0 Å². The van der Waals surface area contributed by atoms with Gasteiger partial charge in [-0.2, -0.15) is 10.1 Å². The minimum absolute atomic E-state index is 0.151. The highest BCUT2D eigenvalue weighted by molar-refractivity contribution is 5.82. The highest BCUT2D eigenvalue weighted by Gasteiger charge is 2.40. The first-order chi connectivity index (χ1) is 26.1. The van der Waals surface area contributed by atoms with E-state index in [1.54, 1.807) is 6.20 Å². The molecule has 0 fully saturated rings. The molecule has 0 N–H and O–H groups in total. The minimum Gasteiger partial charge on any atom is -0.339 e. The summed E-state index contributed by atoms with van der Waals surface area (Å²) in [5.41, 5.74) is 5.11. The number of benzene rings is 5. The molecule has 0 amide bonds. The summed E-state index contributed by atoms with van der Waals surface area (Å²) in [4.78, 5) is 9.27. The fraction of sp³-hybridized carbons (Fsp3) is 0.0455. The lowest BCUT2D eigenvalue weighted by Crippen LogP contribution is -2.38. The van der Waals surface area contributed by atoms with E-state index in [9.17, 15) is 0 Å². The lowest BCUT2D eigenvalue weighted by Gasteiger charge is -2.36. The third-order valence-corrected chi connectivity index (χ3v) is 9.54. The molecule has 256 valence electrons. The Morgan fingerprint density at radius 3 is 1.81 bits per heavy atom. The third kappa shape index (κ3) is 5.59. The van der Waals surface area contributed by atoms with Crippen LogP contribution in [0.5, 0.6) is 0 Å². The number of nitrogens with zero attached hydrogens (tertiary/aromatic N) is 6. The van der Waals surface area contributed by atoms with Crippen molar-refractivity contribution in [2.24, 2.45) is 0 Å². The van der Waals surface area contributed by atoms with Crippen LogP contribution in [0.25, 0.3) is 39.5 Å². The average molecular weight is 697 g/mol. The van der Waals surface area contributed by atoms with Gasteiger partial charge < -0.3 is 4.52 Å². The van der Waals surface area contributed by atoms with Gasteiger partial charge in [0.2, 0.25) is 11.7 Å². The Kier molecular flexibility index (Phi) is 8.00. The van der Waals surface area contributed by atoms with Gasteiger partial charge in [-0.3, -0.25) is 9.08 Å². The van der Waals surface area contributed by atoms with Gasteiger partial charge in [-0.05, 0) is 46.5 Å². The Morgan fingerprint density at radius 2 is 1.21 bits per heavy atom. The van der Waals surface area contributed by atoms with E-state index in [2.05, 4.69) is 15.1 Å². The van der Waals surface area contributed by atoms with Gasteiger partial charge >= 0.3 is 0 Å². The van der Waals surface area contributed by atoms with Crippen molar-refractivity contribution in [1.29, 1.82) is 0 Å². The smallest absolute Gasteiger partial charge is 0.231 e. The normalized spacial score (nSPS) is 11.7. The predicted molar refractivity (Wildman–Crippen MR) is 199 cm³/mol. The lowest BCUT2D eigenvalue weighted by molar-refractivity contribution is 0.385. The Morgan fingerprint density at radius 1 is 0.623 bits per heavy atom. The van der Waals surface area contributed by atoms with Crippen LogP contribution >= 0.6 is 0 Å². The van der Waals surface area contributed by atoms with Crippen molar-refractivity contribution < 1.29 is 13.3 Å². The number of pyridine rings is 1. The van der Waals surface area contributed by atoms with Crippen LogP contribution in [-0.2, 0) is 12.0 Å². The van der Waals surface area contributed by atoms with Crippen LogP contribution in [0.3, 0.4) is 0 Å². The quantitative estimate of drug-likeness (QED) is 0.141. The van der Waals surface area contributed by atoms with Crippen molar-refractivity contribution in [2.75, 3.05) is 0 Å². The van der Waals surface area contributed by atoms with Gasteiger partial charge in [0.15, 0.2) is 0 Å². The molecular formula is C44H30F2N6O. The Hall–Kier alpha value is -7.00. The number of hydrogen-bond donors (Lipinski definition) is 0. The van der Waals surface area contributed by atoms with Crippen LogP contribution in [0.2, 0.25) is 0 Å². The standard InChI is InChI=1S/C44H30F2N6O/c45-36-22-13-23-37(46)41(36)42-35(31-24-25-39-47-27-38(51(39)28-31)43-48-40(53-50-43)26-30-14-5-1-6-15-30)29-52(49-42)44(32-16-7-2-8-17-32,33-18-9-3-10-19-33)34-20-11-4-12-21-34/h1-25,27-29H,26H2. The predicted octanol–water partition coefficient (Wildman–Crippen LogP) is 9.62. The number of halogens is 2. The van der Waals surface area contributed by atoms with Crippen LogP contribution in [0.15, 0.2) is 175 Å². The van der Waals surface area contributed by atoms with Crippen molar-refractivity contribution in [3.8, 4) is 33.9 Å². The maximum absolute atomic E-state index is 15.8. The van der Waals surface area contributed by atoms with E-state index >= 15 is 8.78 Å². The molecular weight excluding hydrogens is 667 g/mol. The molecule has 4 aromatic heterocycles. The van der Waals surface area contributed by atoms with E-state index in [-0.39, 0.29) is 11.3 Å². The Labute approximate surface area is 303 Å². The van der Waals surface area contributed by atoms with E-state index in [1.165, 1.54) is 18.2 Å². The number of fused-ring (bicyclic) bond motifs is 1. The Bertz CT molecular complexity index is 2550. The van der Waals surface area contributed by atoms with Gasteiger partial charge in [-0.25, -0.2) is 13.8 Å². The highest BCUT2D eigenvalue weighted by Crippen LogP contribution is 2.44. The molecule has 5 aromatic carbocycles. The van der Waals surface area contributed by atoms with E-state index in [0.717, 1.165) is 22.3 Å². The van der Waals surface area contributed by atoms with Crippen LogP contribution in [0.4, 0.5) is 8.78 Å². The summed E-state index contributed by atoms with van der Waals surface area (Å²) in [5.74, 6) is -0.602. The van der Waals surface area contributed by atoms with E-state index in [0.29, 0.717) is 40.6 Å². The topological polar surface area (TPSA) is 74.0 Å². The minimum atomic E-state index is -1.03. The maximum atomic E-state index is 15.8. The van der Waals surface area contributed by atoms with Gasteiger partial charge in [0.05, 0.1) is 18.2 Å². The fourth-order valence-electron chi connectivity index (χ4n) is 7.11. The average Bonchev–Trinajstić information content (AvgIpc) is 3.96. The molecule has 0 bridgehead atoms. The first-order valence-electron chi connectivity index (χ1n) is 17.1. The molecule has 7 nitrogen and oxygen atoms in total. The monoisotopic (exact) mass is 696 g/mol. The zero-order valence-corrected chi connectivity index (χ0v) is 28.2. The van der Waals surface area contributed by atoms with Crippen LogP contribution in [0.1, 0.15) is 28.1 Å². The number of aromatic nitrogens is 6. The van der Waals surface area contributed by atoms with Crippen molar-refractivity contribution >= 4 is 5.65 Å². The molecule has 0 saturated carbocycles. The molecule has 0 aliphatic rings. The number of rotatable bonds is 9. The second kappa shape index (κ2) is 13.3. The van der Waals surface area contributed by atoms with Crippen molar-refractivity contribution in [2.45, 2.75) is 12.0 Å². The number of imidazole rings is 1. The summed E-state index contributed by atoms with van der Waals surface area (Å²) in [6.07, 6.45) is 5.91. The van der Waals surface area contributed by atoms with E-state index in [4.69, 9.17) is 9.62 Å². The summed E-state index contributed by atoms with van der Waals surface area (Å²) < 4.78 is 41.0. The third-order valence-electron chi connectivity index (χ3n) is 9.54. The molecule has 0 atom stereocenters. The van der Waals surface area contributed by atoms with Gasteiger partial charge in [-0.1, -0.05) is 133 Å². The van der Waals surface area contributed by atoms with E-state index < -0.39 is 17.2 Å². The lowest BCUT2D eigenvalue weighted by atomic mass is 9.77. The van der Waals surface area contributed by atoms with E-state index in [1.807, 2.05) is 155 Å². The van der Waals surface area contributed by atoms with Crippen molar-refractivity contribution in [3.05, 3.63) is 210 Å². The SMILES string of the molecule is Fc1cccc(F)c1-c1nn(C(c2ccccc2)(c2ccccc2)c2ccccc2)cc1-c1ccc2ncc(-c3noc(Cc4ccccc4)n3)n2c1. The largest absolute Gasteiger partial charge is 0.339 e. The highest BCUT2D eigenvalue weighted by atomic mass is 19.1. The molecule has 9 rings (SSSR count). The maximum Gasteiger partial charge on any atom is 0.231 e.